The molecule has 0 atom stereocenters. The Labute approximate surface area is 259 Å². The van der Waals surface area contributed by atoms with Gasteiger partial charge in [-0.1, -0.05) is 30.0 Å². The van der Waals surface area contributed by atoms with Crippen LogP contribution < -0.4 is 9.64 Å². The molecular weight excluding hydrogens is 612 g/mol. The molecule has 0 radical (unpaired) electrons. The van der Waals surface area contributed by atoms with E-state index in [1.165, 1.54) is 29.2 Å². The molecule has 1 aliphatic rings. The lowest BCUT2D eigenvalue weighted by molar-refractivity contribution is -0.137. The number of carbonyl (C=O) groups excluding carboxylic acids is 1. The lowest BCUT2D eigenvalue weighted by atomic mass is 10.1. The van der Waals surface area contributed by atoms with E-state index >= 15 is 0 Å². The van der Waals surface area contributed by atoms with Crippen molar-refractivity contribution >= 4 is 34.7 Å². The predicted molar refractivity (Wildman–Crippen MR) is 162 cm³/mol. The van der Waals surface area contributed by atoms with Gasteiger partial charge < -0.3 is 14.5 Å². The van der Waals surface area contributed by atoms with Gasteiger partial charge in [0.25, 0.3) is 5.91 Å². The second-order valence-electron chi connectivity index (χ2n) is 9.79. The van der Waals surface area contributed by atoms with Gasteiger partial charge in [0, 0.05) is 55.2 Å². The predicted octanol–water partition coefficient (Wildman–Crippen LogP) is 6.07. The third-order valence-corrected chi connectivity index (χ3v) is 9.07. The Morgan fingerprint density at radius 1 is 1.00 bits per heavy atom. The van der Waals surface area contributed by atoms with Crippen LogP contribution in [0.25, 0.3) is 17.1 Å². The van der Waals surface area contributed by atoms with Crippen LogP contribution in [0.4, 0.5) is 18.9 Å². The number of benzene rings is 2. The summed E-state index contributed by atoms with van der Waals surface area (Å²) in [6.07, 6.45) is -1.01. The lowest BCUT2D eigenvalue weighted by Crippen LogP contribution is -2.49. The second kappa shape index (κ2) is 12.7. The number of hydrogen-bond acceptors (Lipinski definition) is 9. The number of ether oxygens (including phenoxy) is 1. The molecule has 1 amide bonds. The van der Waals surface area contributed by atoms with Crippen LogP contribution in [0, 0.1) is 0 Å². The molecule has 2 aromatic carbocycles. The fraction of sp³-hybridized carbons (Fsp3) is 0.233. The van der Waals surface area contributed by atoms with Gasteiger partial charge in [-0.15, -0.1) is 21.5 Å². The average molecular weight is 638 g/mol. The Bertz CT molecular complexity index is 1750. The number of anilines is 1. The minimum Gasteiger partial charge on any atom is -0.495 e. The highest BCUT2D eigenvalue weighted by molar-refractivity contribution is 7.98. The Morgan fingerprint density at radius 3 is 2.52 bits per heavy atom. The van der Waals surface area contributed by atoms with Crippen LogP contribution in [-0.2, 0) is 11.9 Å². The van der Waals surface area contributed by atoms with E-state index in [4.69, 9.17) is 4.74 Å². The first-order valence-corrected chi connectivity index (χ1v) is 15.5. The molecule has 9 nitrogen and oxygen atoms in total. The number of pyridine rings is 1. The van der Waals surface area contributed by atoms with Gasteiger partial charge in [0.1, 0.15) is 16.5 Å². The molecule has 4 heterocycles. The highest BCUT2D eigenvalue weighted by Crippen LogP contribution is 2.34. The van der Waals surface area contributed by atoms with E-state index in [-0.39, 0.29) is 5.91 Å². The first-order valence-electron chi connectivity index (χ1n) is 13.6. The summed E-state index contributed by atoms with van der Waals surface area (Å²) in [4.78, 5) is 25.5. The lowest BCUT2D eigenvalue weighted by Gasteiger charge is -2.36. The van der Waals surface area contributed by atoms with Crippen LogP contribution in [0.3, 0.4) is 0 Å². The van der Waals surface area contributed by atoms with Crippen LogP contribution in [0.2, 0.25) is 0 Å². The fourth-order valence-corrected chi connectivity index (χ4v) is 6.62. The van der Waals surface area contributed by atoms with Crippen molar-refractivity contribution in [3.05, 3.63) is 94.7 Å². The Hall–Kier alpha value is -4.43. The van der Waals surface area contributed by atoms with Gasteiger partial charge in [-0.25, -0.2) is 4.98 Å². The molecular formula is C30H26F3N7O2S2. The first kappa shape index (κ1) is 29.6. The monoisotopic (exact) mass is 637 g/mol. The van der Waals surface area contributed by atoms with E-state index in [2.05, 4.69) is 20.2 Å². The van der Waals surface area contributed by atoms with Crippen LogP contribution in [0.1, 0.15) is 21.1 Å². The minimum absolute atomic E-state index is 0.196. The quantitative estimate of drug-likeness (QED) is 0.190. The highest BCUT2D eigenvalue weighted by Gasteiger charge is 2.31. The fourth-order valence-electron chi connectivity index (χ4n) is 4.89. The topological polar surface area (TPSA) is 89.3 Å². The summed E-state index contributed by atoms with van der Waals surface area (Å²) in [6, 6.07) is 16.6. The van der Waals surface area contributed by atoms with Crippen molar-refractivity contribution in [1.82, 2.24) is 29.6 Å². The van der Waals surface area contributed by atoms with Gasteiger partial charge in [0.05, 0.1) is 24.1 Å². The average Bonchev–Trinajstić information content (AvgIpc) is 3.71. The molecule has 0 saturated carbocycles. The molecule has 1 aliphatic heterocycles. The smallest absolute Gasteiger partial charge is 0.416 e. The SMILES string of the molecule is COc1ccccc1-n1c(SCc2nc(C(=O)N3CCN(c4cccc(C(F)(F)F)c4)CC3)cs2)nnc1-c1ccncc1. The van der Waals surface area contributed by atoms with Crippen molar-refractivity contribution in [3.8, 4) is 22.8 Å². The van der Waals surface area contributed by atoms with Gasteiger partial charge in [0.2, 0.25) is 0 Å². The molecule has 44 heavy (non-hydrogen) atoms. The summed E-state index contributed by atoms with van der Waals surface area (Å²) in [5.74, 6) is 1.57. The number of thiazole rings is 1. The molecule has 1 saturated heterocycles. The maximum absolute atomic E-state index is 13.2. The molecule has 0 N–H and O–H groups in total. The number of piperazine rings is 1. The Balaban J connectivity index is 1.13. The number of rotatable bonds is 8. The van der Waals surface area contributed by atoms with Gasteiger partial charge in [-0.05, 0) is 42.5 Å². The summed E-state index contributed by atoms with van der Waals surface area (Å²) in [7, 11) is 1.61. The van der Waals surface area contributed by atoms with E-state index < -0.39 is 11.7 Å². The zero-order valence-corrected chi connectivity index (χ0v) is 25.1. The van der Waals surface area contributed by atoms with Crippen LogP contribution in [-0.4, -0.2) is 68.8 Å². The van der Waals surface area contributed by atoms with E-state index in [1.807, 2.05) is 45.9 Å². The molecule has 0 aliphatic carbocycles. The molecule has 226 valence electrons. The van der Waals surface area contributed by atoms with E-state index in [0.29, 0.717) is 60.0 Å². The van der Waals surface area contributed by atoms with Crippen molar-refractivity contribution in [3.63, 3.8) is 0 Å². The van der Waals surface area contributed by atoms with Gasteiger partial charge in [-0.2, -0.15) is 13.2 Å². The number of alkyl halides is 3. The Morgan fingerprint density at radius 2 is 1.77 bits per heavy atom. The number of halogens is 3. The summed E-state index contributed by atoms with van der Waals surface area (Å²) in [5.41, 5.74) is 1.79. The number of hydrogen-bond donors (Lipinski definition) is 0. The van der Waals surface area contributed by atoms with Crippen molar-refractivity contribution in [1.29, 1.82) is 0 Å². The number of aromatic nitrogens is 5. The molecule has 3 aromatic heterocycles. The van der Waals surface area contributed by atoms with E-state index in [9.17, 15) is 18.0 Å². The summed E-state index contributed by atoms with van der Waals surface area (Å²) >= 11 is 2.83. The number of nitrogens with zero attached hydrogens (tertiary/aromatic N) is 7. The minimum atomic E-state index is -4.40. The van der Waals surface area contributed by atoms with E-state index in [1.54, 1.807) is 35.8 Å². The zero-order valence-electron chi connectivity index (χ0n) is 23.4. The number of amides is 1. The summed E-state index contributed by atoms with van der Waals surface area (Å²) in [5, 5.41) is 12.0. The largest absolute Gasteiger partial charge is 0.495 e. The highest BCUT2D eigenvalue weighted by atomic mass is 32.2. The van der Waals surface area contributed by atoms with Gasteiger partial charge >= 0.3 is 6.18 Å². The summed E-state index contributed by atoms with van der Waals surface area (Å²) < 4.78 is 47.0. The maximum atomic E-state index is 13.2. The molecule has 0 unspecified atom stereocenters. The van der Waals surface area contributed by atoms with Crippen LogP contribution in [0.5, 0.6) is 5.75 Å². The second-order valence-corrected chi connectivity index (χ2v) is 11.7. The molecule has 0 spiro atoms. The number of thioether (sulfide) groups is 1. The van der Waals surface area contributed by atoms with Gasteiger partial charge in [0.15, 0.2) is 11.0 Å². The Kier molecular flexibility index (Phi) is 8.53. The molecule has 0 bridgehead atoms. The summed E-state index contributed by atoms with van der Waals surface area (Å²) in [6.45, 7) is 1.63. The number of para-hydroxylation sites is 2. The maximum Gasteiger partial charge on any atom is 0.416 e. The van der Waals surface area contributed by atoms with Gasteiger partial charge in [-0.3, -0.25) is 14.3 Å². The molecule has 14 heteroatoms. The molecule has 6 rings (SSSR count). The normalized spacial score (nSPS) is 13.7. The van der Waals surface area contributed by atoms with Crippen molar-refractivity contribution in [2.24, 2.45) is 0 Å². The zero-order chi connectivity index (χ0) is 30.7. The van der Waals surface area contributed by atoms with Crippen molar-refractivity contribution in [2.45, 2.75) is 17.1 Å². The standard InChI is InChI=1S/C30H26F3N7O2S2/c1-42-25-8-3-2-7-24(25)40-27(20-9-11-34-12-10-20)36-37-29(40)44-19-26-35-23(18-43-26)28(41)39-15-13-38(14-16-39)22-6-4-5-21(17-22)30(31,32)33/h2-12,17-18H,13-16,19H2,1H3. The van der Waals surface area contributed by atoms with Crippen LogP contribution >= 0.6 is 23.1 Å². The third kappa shape index (κ3) is 6.26. The van der Waals surface area contributed by atoms with E-state index in [0.717, 1.165) is 28.4 Å². The van der Waals surface area contributed by atoms with Crippen molar-refractivity contribution in [2.75, 3.05) is 38.2 Å². The molecule has 5 aromatic rings. The number of carbonyl (C=O) groups is 1. The van der Waals surface area contributed by atoms with Crippen LogP contribution in [0.15, 0.2) is 83.6 Å². The first-order chi connectivity index (χ1) is 21.3. The molecule has 1 fully saturated rings. The van der Waals surface area contributed by atoms with Crippen molar-refractivity contribution < 1.29 is 22.7 Å². The third-order valence-electron chi connectivity index (χ3n) is 7.10. The number of methoxy groups -OCH3 is 1.